The van der Waals surface area contributed by atoms with Crippen LogP contribution in [0.25, 0.3) is 0 Å². The maximum Gasteiger partial charge on any atom is 0.332 e. The number of rotatable bonds is 2. The molecule has 0 aliphatic heterocycles. The lowest BCUT2D eigenvalue weighted by atomic mass is 10.4. The van der Waals surface area contributed by atoms with E-state index in [2.05, 4.69) is 0 Å². The molecule has 0 unspecified atom stereocenters. The van der Waals surface area contributed by atoms with E-state index in [1.54, 1.807) is 12.1 Å². The predicted octanol–water partition coefficient (Wildman–Crippen LogP) is 1.71. The summed E-state index contributed by atoms with van der Waals surface area (Å²) in [5.41, 5.74) is 0. The van der Waals surface area contributed by atoms with Crippen molar-refractivity contribution >= 4 is 23.4 Å². The van der Waals surface area contributed by atoms with Gasteiger partial charge in [-0.05, 0) is 30.8 Å². The van der Waals surface area contributed by atoms with Gasteiger partial charge in [0.15, 0.2) is 0 Å². The Morgan fingerprint density at radius 1 is 1.31 bits per heavy atom. The number of halogens is 1. The SMILES string of the molecule is CP(C)c1cccc(S(=O)(=O)F)c1. The second-order valence-corrected chi connectivity index (χ2v) is 6.48. The van der Waals surface area contributed by atoms with Gasteiger partial charge in [0.05, 0.1) is 4.90 Å². The molecule has 1 rings (SSSR count). The second kappa shape index (κ2) is 3.72. The first-order chi connectivity index (χ1) is 5.91. The van der Waals surface area contributed by atoms with Crippen LogP contribution in [0.15, 0.2) is 29.2 Å². The molecule has 0 fully saturated rings. The minimum Gasteiger partial charge on any atom is -0.189 e. The molecule has 0 aromatic heterocycles. The molecule has 0 spiro atoms. The Morgan fingerprint density at radius 3 is 2.38 bits per heavy atom. The molecular weight excluding hydrogens is 210 g/mol. The van der Waals surface area contributed by atoms with Gasteiger partial charge in [0.1, 0.15) is 0 Å². The van der Waals surface area contributed by atoms with Crippen LogP contribution in [0, 0.1) is 0 Å². The third-order valence-electron chi connectivity index (χ3n) is 1.62. The molecular formula is C8H10FO2PS. The summed E-state index contributed by atoms with van der Waals surface area (Å²) in [6, 6.07) is 6.02. The van der Waals surface area contributed by atoms with Crippen molar-refractivity contribution in [2.75, 3.05) is 13.3 Å². The van der Waals surface area contributed by atoms with E-state index in [-0.39, 0.29) is 4.90 Å². The third kappa shape index (κ3) is 2.75. The van der Waals surface area contributed by atoms with Crippen LogP contribution in [0.3, 0.4) is 0 Å². The van der Waals surface area contributed by atoms with Crippen LogP contribution in [-0.4, -0.2) is 21.7 Å². The Hall–Kier alpha value is -0.470. The van der Waals surface area contributed by atoms with Crippen molar-refractivity contribution in [2.24, 2.45) is 0 Å². The zero-order valence-corrected chi connectivity index (χ0v) is 9.07. The van der Waals surface area contributed by atoms with Gasteiger partial charge in [0, 0.05) is 0 Å². The minimum atomic E-state index is -4.55. The molecule has 0 amide bonds. The summed E-state index contributed by atoms with van der Waals surface area (Å²) in [5.74, 6) is 0. The Balaban J connectivity index is 3.21. The van der Waals surface area contributed by atoms with Crippen LogP contribution in [0.4, 0.5) is 3.89 Å². The molecule has 0 radical (unpaired) electrons. The molecule has 1 aromatic carbocycles. The average molecular weight is 220 g/mol. The van der Waals surface area contributed by atoms with Gasteiger partial charge in [-0.1, -0.05) is 20.1 Å². The van der Waals surface area contributed by atoms with Crippen LogP contribution in [0.1, 0.15) is 0 Å². The normalized spacial score (nSPS) is 12.0. The molecule has 0 N–H and O–H groups in total. The van der Waals surface area contributed by atoms with E-state index < -0.39 is 18.1 Å². The molecule has 0 aliphatic carbocycles. The van der Waals surface area contributed by atoms with Crippen molar-refractivity contribution in [2.45, 2.75) is 4.90 Å². The average Bonchev–Trinajstić information content (AvgIpc) is 2.03. The molecule has 2 nitrogen and oxygen atoms in total. The standard InChI is InChI=1S/C8H10FO2PS/c1-12(2)7-4-3-5-8(6-7)13(9,10)11/h3-6H,1-2H3. The van der Waals surface area contributed by atoms with Gasteiger partial charge in [0.2, 0.25) is 0 Å². The summed E-state index contributed by atoms with van der Waals surface area (Å²) >= 11 is 0. The summed E-state index contributed by atoms with van der Waals surface area (Å²) in [6.45, 7) is 3.97. The van der Waals surface area contributed by atoms with Crippen molar-refractivity contribution in [1.82, 2.24) is 0 Å². The molecule has 0 saturated carbocycles. The maximum absolute atomic E-state index is 12.5. The van der Waals surface area contributed by atoms with Gasteiger partial charge in [0.25, 0.3) is 0 Å². The number of benzene rings is 1. The van der Waals surface area contributed by atoms with Gasteiger partial charge in [-0.25, -0.2) is 0 Å². The predicted molar refractivity (Wildman–Crippen MR) is 53.1 cm³/mol. The van der Waals surface area contributed by atoms with Crippen LogP contribution in [-0.2, 0) is 10.2 Å². The van der Waals surface area contributed by atoms with Gasteiger partial charge in [-0.2, -0.15) is 8.42 Å². The van der Waals surface area contributed by atoms with Crippen molar-refractivity contribution < 1.29 is 12.3 Å². The number of hydrogen-bond donors (Lipinski definition) is 0. The Morgan fingerprint density at radius 2 is 1.92 bits per heavy atom. The Labute approximate surface area is 78.7 Å². The summed E-state index contributed by atoms with van der Waals surface area (Å²) in [5, 5.41) is 0.883. The van der Waals surface area contributed by atoms with E-state index in [0.717, 1.165) is 5.30 Å². The summed E-state index contributed by atoms with van der Waals surface area (Å²) in [4.78, 5) is -0.249. The zero-order chi connectivity index (χ0) is 10.1. The lowest BCUT2D eigenvalue weighted by Crippen LogP contribution is -2.02. The van der Waals surface area contributed by atoms with Crippen molar-refractivity contribution in [3.05, 3.63) is 24.3 Å². The first-order valence-electron chi connectivity index (χ1n) is 3.63. The Kier molecular flexibility index (Phi) is 3.04. The van der Waals surface area contributed by atoms with E-state index in [4.69, 9.17) is 0 Å². The highest BCUT2D eigenvalue weighted by molar-refractivity contribution is 7.86. The molecule has 0 atom stereocenters. The third-order valence-corrected chi connectivity index (χ3v) is 3.74. The molecule has 0 aliphatic rings. The molecule has 1 aromatic rings. The number of hydrogen-bond acceptors (Lipinski definition) is 2. The van der Waals surface area contributed by atoms with Crippen LogP contribution >= 0.6 is 7.92 Å². The topological polar surface area (TPSA) is 34.1 Å². The maximum atomic E-state index is 12.5. The quantitative estimate of drug-likeness (QED) is 0.561. The Bertz CT molecular complexity index is 400. The van der Waals surface area contributed by atoms with Gasteiger partial charge < -0.3 is 0 Å². The monoisotopic (exact) mass is 220 g/mol. The van der Waals surface area contributed by atoms with Gasteiger partial charge >= 0.3 is 10.2 Å². The fourth-order valence-corrected chi connectivity index (χ4v) is 2.29. The molecule has 0 bridgehead atoms. The fraction of sp³-hybridized carbons (Fsp3) is 0.250. The van der Waals surface area contributed by atoms with Gasteiger partial charge in [-0.15, -0.1) is 3.89 Å². The van der Waals surface area contributed by atoms with Crippen molar-refractivity contribution in [1.29, 1.82) is 0 Å². The van der Waals surface area contributed by atoms with E-state index >= 15 is 0 Å². The van der Waals surface area contributed by atoms with E-state index in [0.29, 0.717) is 0 Å². The lowest BCUT2D eigenvalue weighted by Gasteiger charge is -2.05. The molecule has 13 heavy (non-hydrogen) atoms. The van der Waals surface area contributed by atoms with Crippen molar-refractivity contribution in [3.63, 3.8) is 0 Å². The smallest absolute Gasteiger partial charge is 0.189 e. The van der Waals surface area contributed by atoms with Crippen molar-refractivity contribution in [3.8, 4) is 0 Å². The highest BCUT2D eigenvalue weighted by atomic mass is 32.3. The highest BCUT2D eigenvalue weighted by Crippen LogP contribution is 2.24. The first kappa shape index (κ1) is 10.6. The van der Waals surface area contributed by atoms with Gasteiger partial charge in [-0.3, -0.25) is 0 Å². The summed E-state index contributed by atoms with van der Waals surface area (Å²) in [6.07, 6.45) is 0. The van der Waals surface area contributed by atoms with E-state index in [9.17, 15) is 12.3 Å². The zero-order valence-electron chi connectivity index (χ0n) is 7.36. The lowest BCUT2D eigenvalue weighted by molar-refractivity contribution is 0.552. The molecule has 0 heterocycles. The van der Waals surface area contributed by atoms with Crippen LogP contribution in [0.5, 0.6) is 0 Å². The fourth-order valence-electron chi connectivity index (χ4n) is 0.913. The minimum absolute atomic E-state index is 0.249. The second-order valence-electron chi connectivity index (χ2n) is 2.83. The largest absolute Gasteiger partial charge is 0.332 e. The van der Waals surface area contributed by atoms with E-state index in [1.165, 1.54) is 12.1 Å². The van der Waals surface area contributed by atoms with Crippen LogP contribution < -0.4 is 5.30 Å². The highest BCUT2D eigenvalue weighted by Gasteiger charge is 2.12. The first-order valence-corrected chi connectivity index (χ1v) is 7.25. The molecule has 5 heteroatoms. The summed E-state index contributed by atoms with van der Waals surface area (Å²) in [7, 11) is -4.94. The molecule has 72 valence electrons. The molecule has 0 saturated heterocycles. The summed E-state index contributed by atoms with van der Waals surface area (Å²) < 4.78 is 33.6. The van der Waals surface area contributed by atoms with Crippen LogP contribution in [0.2, 0.25) is 0 Å². The van der Waals surface area contributed by atoms with E-state index in [1.807, 2.05) is 13.3 Å².